The molecule has 2 heterocycles. The maximum absolute atomic E-state index is 5.41. The molecule has 2 N–H and O–H groups in total. The first-order valence-electron chi connectivity index (χ1n) is 5.21. The molecule has 15 heavy (non-hydrogen) atoms. The molecule has 5 heteroatoms. The monoisotopic (exact) mass is 208 g/mol. The van der Waals surface area contributed by atoms with Crippen LogP contribution in [0.4, 0.5) is 5.82 Å². The number of hydrogen-bond donors (Lipinski definition) is 2. The van der Waals surface area contributed by atoms with E-state index in [2.05, 4.69) is 20.6 Å². The summed E-state index contributed by atoms with van der Waals surface area (Å²) < 4.78 is 5.41. The Balaban J connectivity index is 1.98. The highest BCUT2D eigenvalue weighted by Crippen LogP contribution is 2.11. The average molecular weight is 208 g/mol. The SMILES string of the molecule is CC(C)Oc1nccc(NC2CNC2)n1. The molecule has 2 rings (SSSR count). The summed E-state index contributed by atoms with van der Waals surface area (Å²) >= 11 is 0. The van der Waals surface area contributed by atoms with Crippen molar-refractivity contribution in [1.82, 2.24) is 15.3 Å². The normalized spacial score (nSPS) is 16.2. The quantitative estimate of drug-likeness (QED) is 0.760. The van der Waals surface area contributed by atoms with Crippen LogP contribution >= 0.6 is 0 Å². The van der Waals surface area contributed by atoms with Crippen LogP contribution in [0.15, 0.2) is 12.3 Å². The number of nitrogens with zero attached hydrogens (tertiary/aromatic N) is 2. The van der Waals surface area contributed by atoms with E-state index in [9.17, 15) is 0 Å². The van der Waals surface area contributed by atoms with Gasteiger partial charge in [-0.1, -0.05) is 0 Å². The molecular formula is C10H16N4O. The fourth-order valence-electron chi connectivity index (χ4n) is 1.29. The van der Waals surface area contributed by atoms with Gasteiger partial charge in [0.05, 0.1) is 12.1 Å². The first-order chi connectivity index (χ1) is 7.24. The number of nitrogens with one attached hydrogen (secondary N) is 2. The maximum atomic E-state index is 5.41. The molecule has 1 aliphatic heterocycles. The van der Waals surface area contributed by atoms with Crippen LogP contribution in [-0.4, -0.2) is 35.2 Å². The molecule has 0 amide bonds. The minimum atomic E-state index is 0.102. The Morgan fingerprint density at radius 3 is 2.93 bits per heavy atom. The van der Waals surface area contributed by atoms with E-state index < -0.39 is 0 Å². The van der Waals surface area contributed by atoms with E-state index in [0.29, 0.717) is 12.1 Å². The Morgan fingerprint density at radius 1 is 1.53 bits per heavy atom. The standard InChI is InChI=1S/C10H16N4O/c1-7(2)15-10-12-4-3-9(14-10)13-8-5-11-6-8/h3-4,7-8,11H,5-6H2,1-2H3,(H,12,13,14). The minimum Gasteiger partial charge on any atom is -0.461 e. The van der Waals surface area contributed by atoms with Gasteiger partial charge in [-0.2, -0.15) is 4.98 Å². The van der Waals surface area contributed by atoms with E-state index >= 15 is 0 Å². The van der Waals surface area contributed by atoms with E-state index in [-0.39, 0.29) is 6.10 Å². The molecule has 0 saturated carbocycles. The van der Waals surface area contributed by atoms with Gasteiger partial charge in [0.15, 0.2) is 0 Å². The third-order valence-corrected chi connectivity index (χ3v) is 2.11. The van der Waals surface area contributed by atoms with Crippen molar-refractivity contribution in [3.05, 3.63) is 12.3 Å². The molecule has 0 spiro atoms. The van der Waals surface area contributed by atoms with Crippen molar-refractivity contribution in [3.8, 4) is 6.01 Å². The zero-order valence-corrected chi connectivity index (χ0v) is 9.03. The number of ether oxygens (including phenoxy) is 1. The van der Waals surface area contributed by atoms with Gasteiger partial charge in [0.2, 0.25) is 0 Å². The molecule has 0 radical (unpaired) electrons. The van der Waals surface area contributed by atoms with Crippen LogP contribution in [-0.2, 0) is 0 Å². The predicted octanol–water partition coefficient (Wildman–Crippen LogP) is 0.647. The molecule has 0 aliphatic carbocycles. The minimum absolute atomic E-state index is 0.102. The van der Waals surface area contributed by atoms with Gasteiger partial charge in [-0.3, -0.25) is 0 Å². The summed E-state index contributed by atoms with van der Waals surface area (Å²) in [5.74, 6) is 0.826. The van der Waals surface area contributed by atoms with Crippen LogP contribution in [0.2, 0.25) is 0 Å². The molecule has 1 aromatic heterocycles. The van der Waals surface area contributed by atoms with Gasteiger partial charge < -0.3 is 15.4 Å². The topological polar surface area (TPSA) is 59.1 Å². The second-order valence-electron chi connectivity index (χ2n) is 3.89. The van der Waals surface area contributed by atoms with E-state index in [0.717, 1.165) is 18.9 Å². The molecule has 1 saturated heterocycles. The highest BCUT2D eigenvalue weighted by atomic mass is 16.5. The molecule has 1 aliphatic rings. The summed E-state index contributed by atoms with van der Waals surface area (Å²) in [4.78, 5) is 8.30. The largest absolute Gasteiger partial charge is 0.461 e. The lowest BCUT2D eigenvalue weighted by molar-refractivity contribution is 0.222. The Hall–Kier alpha value is -1.36. The fourth-order valence-corrected chi connectivity index (χ4v) is 1.29. The van der Waals surface area contributed by atoms with Crippen molar-refractivity contribution in [2.75, 3.05) is 18.4 Å². The van der Waals surface area contributed by atoms with Gasteiger partial charge in [0, 0.05) is 19.3 Å². The number of aromatic nitrogens is 2. The molecule has 0 unspecified atom stereocenters. The van der Waals surface area contributed by atoms with Crippen LogP contribution in [0.5, 0.6) is 6.01 Å². The molecular weight excluding hydrogens is 192 g/mol. The van der Waals surface area contributed by atoms with Gasteiger partial charge in [-0.25, -0.2) is 4.98 Å². The fraction of sp³-hybridized carbons (Fsp3) is 0.600. The van der Waals surface area contributed by atoms with Gasteiger partial charge in [-0.05, 0) is 19.9 Å². The van der Waals surface area contributed by atoms with Crippen LogP contribution < -0.4 is 15.4 Å². The molecule has 82 valence electrons. The zero-order valence-electron chi connectivity index (χ0n) is 9.03. The average Bonchev–Trinajstić information content (AvgIpc) is 2.11. The molecule has 0 bridgehead atoms. The lowest BCUT2D eigenvalue weighted by atomic mass is 10.2. The number of hydrogen-bond acceptors (Lipinski definition) is 5. The van der Waals surface area contributed by atoms with Gasteiger partial charge in [0.25, 0.3) is 0 Å². The Morgan fingerprint density at radius 2 is 2.33 bits per heavy atom. The van der Waals surface area contributed by atoms with Crippen LogP contribution in [0.3, 0.4) is 0 Å². The van der Waals surface area contributed by atoms with Gasteiger partial charge in [0.1, 0.15) is 5.82 Å². The smallest absolute Gasteiger partial charge is 0.318 e. The lowest BCUT2D eigenvalue weighted by Crippen LogP contribution is -2.51. The highest BCUT2D eigenvalue weighted by Gasteiger charge is 2.16. The first kappa shape index (κ1) is 10.2. The zero-order chi connectivity index (χ0) is 10.7. The van der Waals surface area contributed by atoms with Crippen molar-refractivity contribution >= 4 is 5.82 Å². The van der Waals surface area contributed by atoms with Gasteiger partial charge >= 0.3 is 6.01 Å². The van der Waals surface area contributed by atoms with E-state index in [1.807, 2.05) is 19.9 Å². The second kappa shape index (κ2) is 4.44. The summed E-state index contributed by atoms with van der Waals surface area (Å²) in [6.07, 6.45) is 1.81. The third-order valence-electron chi connectivity index (χ3n) is 2.11. The predicted molar refractivity (Wildman–Crippen MR) is 58.1 cm³/mol. The van der Waals surface area contributed by atoms with Crippen LogP contribution in [0.1, 0.15) is 13.8 Å². The molecule has 0 atom stereocenters. The molecule has 1 fully saturated rings. The third kappa shape index (κ3) is 2.79. The summed E-state index contributed by atoms with van der Waals surface area (Å²) in [6.45, 7) is 5.90. The Bertz CT molecular complexity index is 325. The van der Waals surface area contributed by atoms with Crippen molar-refractivity contribution < 1.29 is 4.74 Å². The van der Waals surface area contributed by atoms with Gasteiger partial charge in [-0.15, -0.1) is 0 Å². The van der Waals surface area contributed by atoms with E-state index in [1.54, 1.807) is 6.20 Å². The van der Waals surface area contributed by atoms with Crippen molar-refractivity contribution in [2.24, 2.45) is 0 Å². The lowest BCUT2D eigenvalue weighted by Gasteiger charge is -2.28. The maximum Gasteiger partial charge on any atom is 0.318 e. The van der Waals surface area contributed by atoms with E-state index in [4.69, 9.17) is 4.74 Å². The highest BCUT2D eigenvalue weighted by molar-refractivity contribution is 5.36. The summed E-state index contributed by atoms with van der Waals surface area (Å²) in [7, 11) is 0. The number of anilines is 1. The Labute approximate surface area is 89.3 Å². The van der Waals surface area contributed by atoms with Crippen LogP contribution in [0.25, 0.3) is 0 Å². The molecule has 0 aromatic carbocycles. The summed E-state index contributed by atoms with van der Waals surface area (Å²) in [6, 6.07) is 2.76. The van der Waals surface area contributed by atoms with Crippen molar-refractivity contribution in [3.63, 3.8) is 0 Å². The first-order valence-corrected chi connectivity index (χ1v) is 5.21. The van der Waals surface area contributed by atoms with Crippen molar-refractivity contribution in [2.45, 2.75) is 26.0 Å². The molecule has 1 aromatic rings. The second-order valence-corrected chi connectivity index (χ2v) is 3.89. The van der Waals surface area contributed by atoms with Crippen molar-refractivity contribution in [1.29, 1.82) is 0 Å². The summed E-state index contributed by atoms with van der Waals surface area (Å²) in [5, 5.41) is 6.49. The Kier molecular flexibility index (Phi) is 3.01. The van der Waals surface area contributed by atoms with E-state index in [1.165, 1.54) is 0 Å². The molecule has 5 nitrogen and oxygen atoms in total. The summed E-state index contributed by atoms with van der Waals surface area (Å²) in [5.41, 5.74) is 0. The number of rotatable bonds is 4. The van der Waals surface area contributed by atoms with Crippen LogP contribution in [0, 0.1) is 0 Å².